The van der Waals surface area contributed by atoms with Crippen molar-refractivity contribution in [1.29, 1.82) is 0 Å². The van der Waals surface area contributed by atoms with Gasteiger partial charge in [-0.15, -0.1) is 6.58 Å². The van der Waals surface area contributed by atoms with E-state index >= 15 is 0 Å². The molecule has 0 radical (unpaired) electrons. The molecular weight excluding hydrogens is 335 g/mol. The Kier molecular flexibility index (Phi) is 5.43. The van der Waals surface area contributed by atoms with Crippen LogP contribution >= 0.6 is 0 Å². The van der Waals surface area contributed by atoms with E-state index in [2.05, 4.69) is 11.6 Å². The van der Waals surface area contributed by atoms with Crippen LogP contribution < -0.4 is 10.3 Å². The largest absolute Gasteiger partial charge is 0.491 e. The van der Waals surface area contributed by atoms with E-state index < -0.39 is 11.9 Å². The summed E-state index contributed by atoms with van der Waals surface area (Å²) in [6, 6.07) is 11.3. The minimum Gasteiger partial charge on any atom is -0.491 e. The van der Waals surface area contributed by atoms with Gasteiger partial charge in [-0.05, 0) is 30.2 Å². The van der Waals surface area contributed by atoms with Crippen molar-refractivity contribution >= 4 is 10.9 Å². The number of fused-ring (bicyclic) bond motifs is 1. The Labute approximate surface area is 150 Å². The number of aliphatic hydroxyl groups is 1. The fourth-order valence-corrected chi connectivity index (χ4v) is 2.70. The molecule has 0 bridgehead atoms. The molecule has 1 N–H and O–H groups in total. The highest BCUT2D eigenvalue weighted by atomic mass is 19.1. The summed E-state index contributed by atoms with van der Waals surface area (Å²) in [5.74, 6) is 0.222. The first kappa shape index (κ1) is 17.8. The number of para-hydroxylation sites is 1. The Hall–Kier alpha value is -2.99. The molecule has 0 aliphatic carbocycles. The summed E-state index contributed by atoms with van der Waals surface area (Å²) < 4.78 is 20.2. The zero-order valence-corrected chi connectivity index (χ0v) is 14.1. The number of nitrogens with zero attached hydrogens (tertiary/aromatic N) is 2. The molecule has 0 saturated heterocycles. The molecular formula is C20H19FN2O3. The lowest BCUT2D eigenvalue weighted by Crippen LogP contribution is -2.30. The topological polar surface area (TPSA) is 64.3 Å². The minimum atomic E-state index is -0.899. The van der Waals surface area contributed by atoms with Crippen LogP contribution in [-0.4, -0.2) is 27.4 Å². The zero-order valence-electron chi connectivity index (χ0n) is 14.1. The van der Waals surface area contributed by atoms with Crippen LogP contribution in [0.25, 0.3) is 10.9 Å². The van der Waals surface area contributed by atoms with Gasteiger partial charge in [0.1, 0.15) is 24.3 Å². The smallest absolute Gasteiger partial charge is 0.261 e. The molecule has 3 aromatic rings. The first-order valence-electron chi connectivity index (χ1n) is 8.23. The molecule has 0 aliphatic heterocycles. The number of aliphatic hydroxyl groups excluding tert-OH is 1. The second-order valence-corrected chi connectivity index (χ2v) is 5.93. The SMILES string of the molecule is C=CCc1ccccc1OCC(O)Cn1cnc2cc(F)ccc2c1=O. The third-order valence-electron chi connectivity index (χ3n) is 3.96. The average Bonchev–Trinajstić information content (AvgIpc) is 2.63. The highest BCUT2D eigenvalue weighted by Crippen LogP contribution is 2.19. The Morgan fingerprint density at radius 3 is 2.92 bits per heavy atom. The summed E-state index contributed by atoms with van der Waals surface area (Å²) in [6.07, 6.45) is 2.85. The molecule has 1 heterocycles. The summed E-state index contributed by atoms with van der Waals surface area (Å²) in [5.41, 5.74) is 0.928. The van der Waals surface area contributed by atoms with Crippen molar-refractivity contribution < 1.29 is 14.2 Å². The number of allylic oxidation sites excluding steroid dienone is 1. The maximum atomic E-state index is 13.2. The van der Waals surface area contributed by atoms with Gasteiger partial charge in [0.05, 0.1) is 23.8 Å². The fraction of sp³-hybridized carbons (Fsp3) is 0.200. The lowest BCUT2D eigenvalue weighted by molar-refractivity contribution is 0.0911. The molecule has 0 aliphatic rings. The van der Waals surface area contributed by atoms with Gasteiger partial charge in [-0.3, -0.25) is 9.36 Å². The second-order valence-electron chi connectivity index (χ2n) is 5.93. The molecule has 2 aromatic carbocycles. The summed E-state index contributed by atoms with van der Waals surface area (Å²) in [6.45, 7) is 3.78. The van der Waals surface area contributed by atoms with E-state index in [-0.39, 0.29) is 24.2 Å². The summed E-state index contributed by atoms with van der Waals surface area (Å²) in [4.78, 5) is 16.5. The average molecular weight is 354 g/mol. The number of hydrogen-bond acceptors (Lipinski definition) is 4. The molecule has 134 valence electrons. The van der Waals surface area contributed by atoms with Crippen molar-refractivity contribution in [1.82, 2.24) is 9.55 Å². The molecule has 1 unspecified atom stereocenters. The van der Waals surface area contributed by atoms with Gasteiger partial charge in [0.15, 0.2) is 0 Å². The van der Waals surface area contributed by atoms with Crippen molar-refractivity contribution in [3.63, 3.8) is 0 Å². The third-order valence-corrected chi connectivity index (χ3v) is 3.96. The molecule has 6 heteroatoms. The predicted octanol–water partition coefficient (Wildman–Crippen LogP) is 2.70. The Balaban J connectivity index is 1.71. The number of rotatable bonds is 7. The first-order valence-corrected chi connectivity index (χ1v) is 8.23. The molecule has 1 aromatic heterocycles. The van der Waals surface area contributed by atoms with Crippen LogP contribution in [-0.2, 0) is 13.0 Å². The van der Waals surface area contributed by atoms with Crippen LogP contribution in [0.5, 0.6) is 5.75 Å². The van der Waals surface area contributed by atoms with Crippen molar-refractivity contribution in [3.8, 4) is 5.75 Å². The van der Waals surface area contributed by atoms with Gasteiger partial charge in [0, 0.05) is 6.07 Å². The number of halogens is 1. The van der Waals surface area contributed by atoms with E-state index in [4.69, 9.17) is 4.74 Å². The monoisotopic (exact) mass is 354 g/mol. The van der Waals surface area contributed by atoms with Gasteiger partial charge in [-0.1, -0.05) is 24.3 Å². The first-order chi connectivity index (χ1) is 12.6. The van der Waals surface area contributed by atoms with Gasteiger partial charge in [-0.25, -0.2) is 9.37 Å². The highest BCUT2D eigenvalue weighted by molar-refractivity contribution is 5.77. The van der Waals surface area contributed by atoms with Gasteiger partial charge < -0.3 is 9.84 Å². The number of ether oxygens (including phenoxy) is 1. The maximum Gasteiger partial charge on any atom is 0.261 e. The third kappa shape index (κ3) is 3.97. The van der Waals surface area contributed by atoms with E-state index in [1.54, 1.807) is 6.08 Å². The van der Waals surface area contributed by atoms with Gasteiger partial charge in [-0.2, -0.15) is 0 Å². The molecule has 26 heavy (non-hydrogen) atoms. The van der Waals surface area contributed by atoms with Gasteiger partial charge >= 0.3 is 0 Å². The molecule has 1 atom stereocenters. The number of benzene rings is 2. The lowest BCUT2D eigenvalue weighted by atomic mass is 10.1. The van der Waals surface area contributed by atoms with Crippen LogP contribution in [0.15, 0.2) is 66.2 Å². The van der Waals surface area contributed by atoms with Crippen molar-refractivity contribution in [2.24, 2.45) is 0 Å². The lowest BCUT2D eigenvalue weighted by Gasteiger charge is -2.15. The summed E-state index contributed by atoms with van der Waals surface area (Å²) in [5, 5.41) is 10.5. The minimum absolute atomic E-state index is 0.0298. The standard InChI is InChI=1S/C20H19FN2O3/c1-2-5-14-6-3-4-7-19(14)26-12-16(24)11-23-13-22-18-10-15(21)8-9-17(18)20(23)25/h2-4,6-10,13,16,24H,1,5,11-12H2. The molecule has 5 nitrogen and oxygen atoms in total. The quantitative estimate of drug-likeness (QED) is 0.663. The van der Waals surface area contributed by atoms with Crippen LogP contribution in [0.3, 0.4) is 0 Å². The van der Waals surface area contributed by atoms with Crippen molar-refractivity contribution in [2.75, 3.05) is 6.61 Å². The van der Waals surface area contributed by atoms with Gasteiger partial charge in [0.25, 0.3) is 5.56 Å². The molecule has 0 fully saturated rings. The van der Waals surface area contributed by atoms with E-state index in [1.165, 1.54) is 29.1 Å². The van der Waals surface area contributed by atoms with Crippen molar-refractivity contribution in [2.45, 2.75) is 19.1 Å². The molecule has 0 spiro atoms. The summed E-state index contributed by atoms with van der Waals surface area (Å²) in [7, 11) is 0. The predicted molar refractivity (Wildman–Crippen MR) is 97.8 cm³/mol. The van der Waals surface area contributed by atoms with E-state index in [0.29, 0.717) is 17.6 Å². The van der Waals surface area contributed by atoms with Crippen LogP contribution in [0.1, 0.15) is 5.56 Å². The van der Waals surface area contributed by atoms with Crippen molar-refractivity contribution in [3.05, 3.63) is 83.2 Å². The van der Waals surface area contributed by atoms with Gasteiger partial charge in [0.2, 0.25) is 0 Å². The zero-order chi connectivity index (χ0) is 18.5. The Morgan fingerprint density at radius 1 is 1.31 bits per heavy atom. The number of aromatic nitrogens is 2. The van der Waals surface area contributed by atoms with Crippen LogP contribution in [0.4, 0.5) is 4.39 Å². The Bertz CT molecular complexity index is 984. The highest BCUT2D eigenvalue weighted by Gasteiger charge is 2.11. The Morgan fingerprint density at radius 2 is 2.12 bits per heavy atom. The van der Waals surface area contributed by atoms with E-state index in [9.17, 15) is 14.3 Å². The van der Waals surface area contributed by atoms with E-state index in [0.717, 1.165) is 5.56 Å². The van der Waals surface area contributed by atoms with E-state index in [1.807, 2.05) is 24.3 Å². The normalized spacial score (nSPS) is 12.1. The maximum absolute atomic E-state index is 13.2. The summed E-state index contributed by atoms with van der Waals surface area (Å²) >= 11 is 0. The molecule has 3 rings (SSSR count). The molecule has 0 saturated carbocycles. The van der Waals surface area contributed by atoms with Crippen LogP contribution in [0.2, 0.25) is 0 Å². The fourth-order valence-electron chi connectivity index (χ4n) is 2.70. The second kappa shape index (κ2) is 7.93. The van der Waals surface area contributed by atoms with Crippen LogP contribution in [0, 0.1) is 5.82 Å². The molecule has 0 amide bonds. The number of hydrogen-bond donors (Lipinski definition) is 1.